The summed E-state index contributed by atoms with van der Waals surface area (Å²) in [5.74, 6) is 0. The lowest BCUT2D eigenvalue weighted by molar-refractivity contribution is 0.152. The second-order valence-electron chi connectivity index (χ2n) is 7.84. The summed E-state index contributed by atoms with van der Waals surface area (Å²) in [5.41, 5.74) is 2.30. The summed E-state index contributed by atoms with van der Waals surface area (Å²) in [6.45, 7) is 8.88. The van der Waals surface area contributed by atoms with Crippen LogP contribution in [0.15, 0.2) is 41.2 Å². The minimum atomic E-state index is 0.146. The Labute approximate surface area is 170 Å². The van der Waals surface area contributed by atoms with Crippen LogP contribution in [0.25, 0.3) is 20.2 Å². The summed E-state index contributed by atoms with van der Waals surface area (Å²) in [7, 11) is 2.20. The third-order valence-corrected chi connectivity index (χ3v) is 7.04. The fraction of sp³-hybridized carbons (Fsp3) is 0.435. The van der Waals surface area contributed by atoms with E-state index in [0.717, 1.165) is 38.8 Å². The molecule has 2 heterocycles. The zero-order valence-electron chi connectivity index (χ0n) is 16.8. The summed E-state index contributed by atoms with van der Waals surface area (Å²) < 4.78 is 2.17. The predicted molar refractivity (Wildman–Crippen MR) is 122 cm³/mol. The zero-order valence-corrected chi connectivity index (χ0v) is 17.6. The van der Waals surface area contributed by atoms with Crippen LogP contribution in [-0.2, 0) is 0 Å². The second kappa shape index (κ2) is 8.60. The van der Waals surface area contributed by atoms with E-state index >= 15 is 0 Å². The summed E-state index contributed by atoms with van der Waals surface area (Å²) in [5, 5.41) is 5.22. The Morgan fingerprint density at radius 2 is 1.82 bits per heavy atom. The largest absolute Gasteiger partial charge is 0.384 e. The predicted octanol–water partition coefficient (Wildman–Crippen LogP) is 4.16. The van der Waals surface area contributed by atoms with Crippen LogP contribution < -0.4 is 10.7 Å². The molecule has 1 fully saturated rings. The molecule has 1 N–H and O–H groups in total. The first-order chi connectivity index (χ1) is 13.6. The average Bonchev–Trinajstić information content (AvgIpc) is 2.71. The highest BCUT2D eigenvalue weighted by molar-refractivity contribution is 7.24. The van der Waals surface area contributed by atoms with Crippen molar-refractivity contribution < 1.29 is 0 Å². The van der Waals surface area contributed by atoms with Crippen molar-refractivity contribution in [2.45, 2.75) is 19.8 Å². The van der Waals surface area contributed by atoms with Gasteiger partial charge >= 0.3 is 0 Å². The molecule has 0 atom stereocenters. The molecule has 0 aliphatic carbocycles. The van der Waals surface area contributed by atoms with Crippen LogP contribution in [0.5, 0.6) is 0 Å². The third kappa shape index (κ3) is 4.07. The van der Waals surface area contributed by atoms with Crippen molar-refractivity contribution in [3.05, 3.63) is 52.2 Å². The maximum atomic E-state index is 13.1. The SMILES string of the molecule is Cc1ccc(NCCCCN2CCN(C)CC2)c2c(=O)c3ccccc3sc12. The number of anilines is 1. The Kier molecular flexibility index (Phi) is 5.95. The van der Waals surface area contributed by atoms with Crippen LogP contribution in [0.1, 0.15) is 18.4 Å². The molecule has 3 aromatic rings. The Hall–Kier alpha value is -1.95. The number of hydrogen-bond donors (Lipinski definition) is 1. The van der Waals surface area contributed by atoms with Crippen LogP contribution in [-0.4, -0.2) is 56.1 Å². The number of nitrogens with one attached hydrogen (secondary N) is 1. The Balaban J connectivity index is 1.45. The number of piperazine rings is 1. The van der Waals surface area contributed by atoms with Gasteiger partial charge in [-0.05, 0) is 57.1 Å². The molecule has 148 valence electrons. The van der Waals surface area contributed by atoms with Crippen LogP contribution in [0, 0.1) is 6.92 Å². The highest BCUT2D eigenvalue weighted by Crippen LogP contribution is 2.31. The molecule has 1 saturated heterocycles. The molecule has 2 aromatic carbocycles. The fourth-order valence-corrected chi connectivity index (χ4v) is 5.10. The number of fused-ring (bicyclic) bond motifs is 2. The van der Waals surface area contributed by atoms with E-state index in [1.165, 1.54) is 44.7 Å². The van der Waals surface area contributed by atoms with Gasteiger partial charge in [0.1, 0.15) is 0 Å². The topological polar surface area (TPSA) is 35.6 Å². The first-order valence-corrected chi connectivity index (χ1v) is 11.0. The van der Waals surface area contributed by atoms with Crippen molar-refractivity contribution in [1.82, 2.24) is 9.80 Å². The van der Waals surface area contributed by atoms with Gasteiger partial charge < -0.3 is 15.1 Å². The van der Waals surface area contributed by atoms with E-state index in [4.69, 9.17) is 0 Å². The number of aryl methyl sites for hydroxylation is 1. The number of benzene rings is 2. The van der Waals surface area contributed by atoms with E-state index < -0.39 is 0 Å². The molecule has 5 heteroatoms. The molecule has 28 heavy (non-hydrogen) atoms. The van der Waals surface area contributed by atoms with Crippen molar-refractivity contribution in [3.8, 4) is 0 Å². The third-order valence-electron chi connectivity index (χ3n) is 5.74. The van der Waals surface area contributed by atoms with E-state index in [9.17, 15) is 4.79 Å². The van der Waals surface area contributed by atoms with Crippen LogP contribution in [0.4, 0.5) is 5.69 Å². The molecular weight excluding hydrogens is 366 g/mol. The smallest absolute Gasteiger partial charge is 0.197 e. The van der Waals surface area contributed by atoms with Crippen molar-refractivity contribution in [2.75, 3.05) is 51.6 Å². The molecular formula is C23H29N3OS. The van der Waals surface area contributed by atoms with Gasteiger partial charge in [-0.2, -0.15) is 0 Å². The Morgan fingerprint density at radius 1 is 1.04 bits per heavy atom. The molecule has 0 saturated carbocycles. The molecule has 0 amide bonds. The summed E-state index contributed by atoms with van der Waals surface area (Å²) >= 11 is 1.72. The summed E-state index contributed by atoms with van der Waals surface area (Å²) in [6, 6.07) is 12.1. The van der Waals surface area contributed by atoms with Crippen molar-refractivity contribution >= 4 is 37.2 Å². The number of nitrogens with zero attached hydrogens (tertiary/aromatic N) is 2. The first-order valence-electron chi connectivity index (χ1n) is 10.2. The quantitative estimate of drug-likeness (QED) is 0.502. The van der Waals surface area contributed by atoms with Gasteiger partial charge in [-0.25, -0.2) is 0 Å². The normalized spacial score (nSPS) is 16.1. The molecule has 4 nitrogen and oxygen atoms in total. The van der Waals surface area contributed by atoms with Crippen LogP contribution >= 0.6 is 11.3 Å². The van der Waals surface area contributed by atoms with E-state index in [2.05, 4.69) is 41.2 Å². The van der Waals surface area contributed by atoms with Crippen LogP contribution in [0.3, 0.4) is 0 Å². The molecule has 0 unspecified atom stereocenters. The highest BCUT2D eigenvalue weighted by Gasteiger charge is 2.13. The standard InChI is InChI=1S/C23H29N3OS/c1-17-9-10-19(24-11-5-6-12-26-15-13-25(2)14-16-26)21-22(27)18-7-3-4-8-20(18)28-23(17)21/h3-4,7-10,24H,5-6,11-16H2,1-2H3. The van der Waals surface area contributed by atoms with E-state index in [0.29, 0.717) is 0 Å². The minimum absolute atomic E-state index is 0.146. The molecule has 0 spiro atoms. The van der Waals surface area contributed by atoms with Gasteiger partial charge in [0.2, 0.25) is 0 Å². The molecule has 1 aliphatic heterocycles. The lowest BCUT2D eigenvalue weighted by Gasteiger charge is -2.32. The fourth-order valence-electron chi connectivity index (χ4n) is 3.93. The van der Waals surface area contributed by atoms with Gasteiger partial charge in [0.05, 0.1) is 5.39 Å². The molecule has 1 aliphatic rings. The van der Waals surface area contributed by atoms with Gasteiger partial charge in [0, 0.05) is 53.2 Å². The summed E-state index contributed by atoms with van der Waals surface area (Å²) in [4.78, 5) is 18.1. The zero-order chi connectivity index (χ0) is 19.5. The lowest BCUT2D eigenvalue weighted by atomic mass is 10.1. The number of unbranched alkanes of at least 4 members (excludes halogenated alkanes) is 1. The maximum absolute atomic E-state index is 13.1. The van der Waals surface area contributed by atoms with Crippen molar-refractivity contribution in [2.24, 2.45) is 0 Å². The Bertz CT molecular complexity index is 1020. The van der Waals surface area contributed by atoms with Gasteiger partial charge in [0.15, 0.2) is 5.43 Å². The van der Waals surface area contributed by atoms with Crippen LogP contribution in [0.2, 0.25) is 0 Å². The molecule has 4 rings (SSSR count). The first kappa shape index (κ1) is 19.4. The number of likely N-dealkylation sites (N-methyl/N-ethyl adjacent to an activating group) is 1. The van der Waals surface area contributed by atoms with Crippen molar-refractivity contribution in [3.63, 3.8) is 0 Å². The van der Waals surface area contributed by atoms with E-state index in [1.807, 2.05) is 24.3 Å². The van der Waals surface area contributed by atoms with E-state index in [1.54, 1.807) is 11.3 Å². The lowest BCUT2D eigenvalue weighted by Crippen LogP contribution is -2.44. The maximum Gasteiger partial charge on any atom is 0.197 e. The summed E-state index contributed by atoms with van der Waals surface area (Å²) in [6.07, 6.45) is 2.31. The van der Waals surface area contributed by atoms with Gasteiger partial charge in [0.25, 0.3) is 0 Å². The van der Waals surface area contributed by atoms with Crippen molar-refractivity contribution in [1.29, 1.82) is 0 Å². The average molecular weight is 396 g/mol. The monoisotopic (exact) mass is 395 g/mol. The number of rotatable bonds is 6. The molecule has 0 bridgehead atoms. The van der Waals surface area contributed by atoms with E-state index in [-0.39, 0.29) is 5.43 Å². The highest BCUT2D eigenvalue weighted by atomic mass is 32.1. The van der Waals surface area contributed by atoms with Gasteiger partial charge in [-0.3, -0.25) is 4.79 Å². The molecule has 0 radical (unpaired) electrons. The number of hydrogen-bond acceptors (Lipinski definition) is 5. The minimum Gasteiger partial charge on any atom is -0.384 e. The molecule has 1 aromatic heterocycles. The second-order valence-corrected chi connectivity index (χ2v) is 8.89. The van der Waals surface area contributed by atoms with Gasteiger partial charge in [-0.1, -0.05) is 18.2 Å². The Morgan fingerprint density at radius 3 is 2.64 bits per heavy atom. The van der Waals surface area contributed by atoms with Gasteiger partial charge in [-0.15, -0.1) is 11.3 Å².